The van der Waals surface area contributed by atoms with Crippen LogP contribution >= 0.6 is 22.9 Å². The molecule has 0 fully saturated rings. The molecule has 0 aliphatic heterocycles. The Kier molecular flexibility index (Phi) is 4.69. The summed E-state index contributed by atoms with van der Waals surface area (Å²) in [5, 5.41) is 12.9. The van der Waals surface area contributed by atoms with E-state index >= 15 is 0 Å². The van der Waals surface area contributed by atoms with Crippen LogP contribution in [0.25, 0.3) is 0 Å². The van der Waals surface area contributed by atoms with Crippen molar-refractivity contribution in [3.8, 4) is 0 Å². The summed E-state index contributed by atoms with van der Waals surface area (Å²) in [6, 6.07) is 16.9. The lowest BCUT2D eigenvalue weighted by atomic mass is 10.0. The molecule has 0 aliphatic carbocycles. The maximum Gasteiger partial charge on any atom is 0.257 e. The van der Waals surface area contributed by atoms with Crippen LogP contribution in [0.2, 0.25) is 5.02 Å². The van der Waals surface area contributed by atoms with Gasteiger partial charge in [-0.05, 0) is 23.8 Å². The molecule has 0 saturated carbocycles. The first-order valence-corrected chi connectivity index (χ1v) is 8.28. The molecule has 0 spiro atoms. The number of anilines is 1. The van der Waals surface area contributed by atoms with Gasteiger partial charge in [0.15, 0.2) is 0 Å². The highest BCUT2D eigenvalue weighted by Crippen LogP contribution is 2.28. The van der Waals surface area contributed by atoms with Gasteiger partial charge in [0.05, 0.1) is 0 Å². The molecule has 0 aliphatic rings. The molecule has 3 aromatic rings. The first-order chi connectivity index (χ1) is 11.1. The summed E-state index contributed by atoms with van der Waals surface area (Å²) >= 11 is 7.28. The van der Waals surface area contributed by atoms with Crippen molar-refractivity contribution >= 4 is 34.0 Å². The Hall–Kier alpha value is -2.24. The standard InChI is InChI=1S/C17H14ClN3OS/c1-11(12-6-3-2-4-7-12)16-20-21-17(23-16)19-15(22)13-8-5-9-14(18)10-13/h2-11H,1H3,(H,19,21,22). The van der Waals surface area contributed by atoms with Gasteiger partial charge in [0.2, 0.25) is 5.13 Å². The number of rotatable bonds is 4. The van der Waals surface area contributed by atoms with Gasteiger partial charge >= 0.3 is 0 Å². The first kappa shape index (κ1) is 15.6. The van der Waals surface area contributed by atoms with E-state index in [0.29, 0.717) is 15.7 Å². The summed E-state index contributed by atoms with van der Waals surface area (Å²) in [7, 11) is 0. The normalized spacial score (nSPS) is 11.9. The third kappa shape index (κ3) is 3.75. The average molecular weight is 344 g/mol. The van der Waals surface area contributed by atoms with Crippen LogP contribution in [0.1, 0.15) is 33.8 Å². The lowest BCUT2D eigenvalue weighted by Gasteiger charge is -2.06. The molecule has 6 heteroatoms. The quantitative estimate of drug-likeness (QED) is 0.753. The highest BCUT2D eigenvalue weighted by Gasteiger charge is 2.15. The van der Waals surface area contributed by atoms with Crippen molar-refractivity contribution in [2.45, 2.75) is 12.8 Å². The fraction of sp³-hybridized carbons (Fsp3) is 0.118. The summed E-state index contributed by atoms with van der Waals surface area (Å²) < 4.78 is 0. The van der Waals surface area contributed by atoms with Gasteiger partial charge in [-0.25, -0.2) is 0 Å². The summed E-state index contributed by atoms with van der Waals surface area (Å²) in [4.78, 5) is 12.2. The predicted octanol–water partition coefficient (Wildman–Crippen LogP) is 4.60. The van der Waals surface area contributed by atoms with Crippen molar-refractivity contribution in [3.63, 3.8) is 0 Å². The van der Waals surface area contributed by atoms with E-state index in [4.69, 9.17) is 11.6 Å². The molecule has 4 nitrogen and oxygen atoms in total. The Morgan fingerprint density at radius 2 is 1.91 bits per heavy atom. The zero-order valence-electron chi connectivity index (χ0n) is 12.4. The summed E-state index contributed by atoms with van der Waals surface area (Å²) in [6.45, 7) is 2.07. The van der Waals surface area contributed by atoms with Gasteiger partial charge in [-0.3, -0.25) is 10.1 Å². The van der Waals surface area contributed by atoms with Crippen LogP contribution in [0.5, 0.6) is 0 Å². The van der Waals surface area contributed by atoms with Gasteiger partial charge in [-0.1, -0.05) is 66.3 Å². The molecule has 0 radical (unpaired) electrons. The topological polar surface area (TPSA) is 54.9 Å². The molecular weight excluding hydrogens is 330 g/mol. The molecule has 3 rings (SSSR count). The predicted molar refractivity (Wildman–Crippen MR) is 93.3 cm³/mol. The maximum atomic E-state index is 12.2. The number of halogens is 1. The van der Waals surface area contributed by atoms with E-state index in [0.717, 1.165) is 10.6 Å². The van der Waals surface area contributed by atoms with Crippen LogP contribution in [0.3, 0.4) is 0 Å². The maximum absolute atomic E-state index is 12.2. The molecule has 1 N–H and O–H groups in total. The minimum atomic E-state index is -0.248. The Morgan fingerprint density at radius 1 is 1.13 bits per heavy atom. The molecule has 1 unspecified atom stereocenters. The average Bonchev–Trinajstić information content (AvgIpc) is 3.03. The van der Waals surface area contributed by atoms with Gasteiger partial charge < -0.3 is 0 Å². The largest absolute Gasteiger partial charge is 0.296 e. The van der Waals surface area contributed by atoms with Crippen LogP contribution in [-0.4, -0.2) is 16.1 Å². The summed E-state index contributed by atoms with van der Waals surface area (Å²) in [6.07, 6.45) is 0. The van der Waals surface area contributed by atoms with E-state index in [1.165, 1.54) is 11.3 Å². The lowest BCUT2D eigenvalue weighted by Crippen LogP contribution is -2.11. The molecule has 1 heterocycles. The van der Waals surface area contributed by atoms with Crippen LogP contribution in [-0.2, 0) is 0 Å². The number of nitrogens with zero attached hydrogens (tertiary/aromatic N) is 2. The fourth-order valence-corrected chi connectivity index (χ4v) is 3.15. The zero-order valence-corrected chi connectivity index (χ0v) is 13.9. The van der Waals surface area contributed by atoms with Gasteiger partial charge in [0, 0.05) is 16.5 Å². The molecule has 0 saturated heterocycles. The van der Waals surface area contributed by atoms with E-state index in [1.807, 2.05) is 18.2 Å². The highest BCUT2D eigenvalue weighted by atomic mass is 35.5. The van der Waals surface area contributed by atoms with Crippen LogP contribution in [0.4, 0.5) is 5.13 Å². The monoisotopic (exact) mass is 343 g/mol. The van der Waals surface area contributed by atoms with E-state index in [1.54, 1.807) is 24.3 Å². The van der Waals surface area contributed by atoms with Gasteiger partial charge in [-0.15, -0.1) is 10.2 Å². The van der Waals surface area contributed by atoms with Gasteiger partial charge in [0.25, 0.3) is 5.91 Å². The number of aromatic nitrogens is 2. The zero-order chi connectivity index (χ0) is 16.2. The molecule has 0 bridgehead atoms. The van der Waals surface area contributed by atoms with Crippen molar-refractivity contribution < 1.29 is 4.79 Å². The SMILES string of the molecule is CC(c1ccccc1)c1nnc(NC(=O)c2cccc(Cl)c2)s1. The molecule has 1 amide bonds. The van der Waals surface area contributed by atoms with Crippen molar-refractivity contribution in [2.75, 3.05) is 5.32 Å². The minimum Gasteiger partial charge on any atom is -0.296 e. The lowest BCUT2D eigenvalue weighted by molar-refractivity contribution is 0.102. The van der Waals surface area contributed by atoms with Crippen LogP contribution < -0.4 is 5.32 Å². The molecule has 116 valence electrons. The van der Waals surface area contributed by atoms with Crippen LogP contribution in [0.15, 0.2) is 54.6 Å². The first-order valence-electron chi connectivity index (χ1n) is 7.09. The molecular formula is C17H14ClN3OS. The minimum absolute atomic E-state index is 0.130. The van der Waals surface area contributed by atoms with Crippen LogP contribution in [0, 0.1) is 0 Å². The Bertz CT molecular complexity index is 819. The van der Waals surface area contributed by atoms with E-state index in [9.17, 15) is 4.79 Å². The second kappa shape index (κ2) is 6.89. The third-order valence-corrected chi connectivity index (χ3v) is 4.67. The summed E-state index contributed by atoms with van der Waals surface area (Å²) in [5.41, 5.74) is 1.65. The smallest absolute Gasteiger partial charge is 0.257 e. The van der Waals surface area contributed by atoms with Crippen molar-refractivity contribution in [1.29, 1.82) is 0 Å². The number of amides is 1. The Morgan fingerprint density at radius 3 is 2.65 bits per heavy atom. The Labute approximate surface area is 143 Å². The number of benzene rings is 2. The van der Waals surface area contributed by atoms with Crippen molar-refractivity contribution in [1.82, 2.24) is 10.2 Å². The van der Waals surface area contributed by atoms with E-state index in [2.05, 4.69) is 34.6 Å². The number of hydrogen-bond donors (Lipinski definition) is 1. The van der Waals surface area contributed by atoms with E-state index < -0.39 is 0 Å². The number of carbonyl (C=O) groups excluding carboxylic acids is 1. The van der Waals surface area contributed by atoms with Crippen molar-refractivity contribution in [2.24, 2.45) is 0 Å². The van der Waals surface area contributed by atoms with Gasteiger partial charge in [-0.2, -0.15) is 0 Å². The number of nitrogens with one attached hydrogen (secondary N) is 1. The Balaban J connectivity index is 1.73. The molecule has 1 atom stereocenters. The number of hydrogen-bond acceptors (Lipinski definition) is 4. The molecule has 1 aromatic heterocycles. The molecule has 23 heavy (non-hydrogen) atoms. The van der Waals surface area contributed by atoms with Gasteiger partial charge in [0.1, 0.15) is 5.01 Å². The fourth-order valence-electron chi connectivity index (χ4n) is 2.14. The van der Waals surface area contributed by atoms with Crippen molar-refractivity contribution in [3.05, 3.63) is 75.8 Å². The second-order valence-corrected chi connectivity index (χ2v) is 6.49. The molecule has 2 aromatic carbocycles. The highest BCUT2D eigenvalue weighted by molar-refractivity contribution is 7.15. The summed E-state index contributed by atoms with van der Waals surface area (Å²) in [5.74, 6) is -0.118. The second-order valence-electron chi connectivity index (χ2n) is 5.04. The third-order valence-electron chi connectivity index (χ3n) is 3.42. The van der Waals surface area contributed by atoms with E-state index in [-0.39, 0.29) is 11.8 Å². The number of carbonyl (C=O) groups is 1.